The Morgan fingerprint density at radius 3 is 2.64 bits per heavy atom. The first-order chi connectivity index (χ1) is 13.2. The number of amides is 1. The molecule has 1 heterocycles. The van der Waals surface area contributed by atoms with Crippen LogP contribution in [-0.2, 0) is 4.79 Å². The van der Waals surface area contributed by atoms with Crippen LogP contribution in [0.5, 0.6) is 0 Å². The minimum absolute atomic E-state index is 0.0429. The Morgan fingerprint density at radius 2 is 2.07 bits per heavy atom. The number of nitrogens with zero attached hydrogens (tertiary/aromatic N) is 1. The quantitative estimate of drug-likeness (QED) is 0.439. The number of hydrogen-bond acceptors (Lipinski definition) is 7. The topological polar surface area (TPSA) is 141 Å². The number of anilines is 2. The number of carboxylic acid groups (broad SMARTS) is 1. The summed E-state index contributed by atoms with van der Waals surface area (Å²) in [6, 6.07) is 2.48. The van der Waals surface area contributed by atoms with Crippen LogP contribution in [0.3, 0.4) is 0 Å². The molecule has 0 saturated carbocycles. The summed E-state index contributed by atoms with van der Waals surface area (Å²) in [4.78, 5) is 41.8. The molecule has 8 nitrogen and oxygen atoms in total. The summed E-state index contributed by atoms with van der Waals surface area (Å²) >= 11 is 0.780. The summed E-state index contributed by atoms with van der Waals surface area (Å²) in [6.07, 6.45) is 1.75. The first-order valence-corrected chi connectivity index (χ1v) is 9.14. The number of aliphatic carboxylic acids is 1. The van der Waals surface area contributed by atoms with Crippen molar-refractivity contribution in [3.63, 3.8) is 0 Å². The number of unbranched alkanes of at least 4 members (excludes halogenated alkanes) is 1. The molecule has 1 amide bonds. The van der Waals surface area contributed by atoms with Gasteiger partial charge in [-0.25, -0.2) is 13.8 Å². The molecule has 11 heteroatoms. The number of carbonyl (C=O) groups is 2. The number of carbonyl (C=O) groups excluding carboxylic acids is 2. The van der Waals surface area contributed by atoms with Crippen LogP contribution in [0, 0.1) is 11.6 Å². The molecule has 2 aromatic rings. The SMILES string of the molecule is CCCC[C@@H](Sc1nc(N)c(NC(=O)c2ccc(F)c(F)c2)c(=O)[nH]1)C(=O)[O-]. The van der Waals surface area contributed by atoms with Crippen LogP contribution in [0.1, 0.15) is 36.5 Å². The number of carboxylic acids is 1. The molecule has 0 aliphatic carbocycles. The van der Waals surface area contributed by atoms with Gasteiger partial charge in [0.05, 0.1) is 11.2 Å². The fourth-order valence-corrected chi connectivity index (χ4v) is 3.17. The number of thioether (sulfide) groups is 1. The number of hydrogen-bond donors (Lipinski definition) is 3. The molecule has 2 rings (SSSR count). The van der Waals surface area contributed by atoms with Crippen LogP contribution < -0.4 is 21.7 Å². The van der Waals surface area contributed by atoms with Crippen LogP contribution in [0.4, 0.5) is 20.3 Å². The van der Waals surface area contributed by atoms with Gasteiger partial charge >= 0.3 is 0 Å². The van der Waals surface area contributed by atoms with Gasteiger partial charge in [-0.1, -0.05) is 31.5 Å². The van der Waals surface area contributed by atoms with Gasteiger partial charge in [-0.2, -0.15) is 0 Å². The van der Waals surface area contributed by atoms with E-state index in [2.05, 4.69) is 15.3 Å². The van der Waals surface area contributed by atoms with Crippen molar-refractivity contribution >= 4 is 35.1 Å². The number of halogens is 2. The van der Waals surface area contributed by atoms with Crippen molar-refractivity contribution in [2.75, 3.05) is 11.1 Å². The fourth-order valence-electron chi connectivity index (χ4n) is 2.22. The standard InChI is InChI=1S/C17H18F2N4O4S/c1-2-3-4-11(16(26)27)28-17-22-13(20)12(15(25)23-17)21-14(24)8-5-6-9(18)10(19)7-8/h5-7,11H,2-4H2,1H3,(H,21,24)(H,26,27)(H3,20,22,23,25)/p-1/t11-/m1/s1. The third kappa shape index (κ3) is 5.28. The van der Waals surface area contributed by atoms with E-state index in [1.54, 1.807) is 0 Å². The second-order valence-corrected chi connectivity index (χ2v) is 6.97. The highest BCUT2D eigenvalue weighted by molar-refractivity contribution is 8.00. The zero-order chi connectivity index (χ0) is 20.8. The third-order valence-electron chi connectivity index (χ3n) is 3.68. The van der Waals surface area contributed by atoms with Gasteiger partial charge in [-0.15, -0.1) is 0 Å². The van der Waals surface area contributed by atoms with Crippen molar-refractivity contribution in [1.82, 2.24) is 9.97 Å². The molecule has 0 spiro atoms. The summed E-state index contributed by atoms with van der Waals surface area (Å²) in [5, 5.41) is 12.4. The van der Waals surface area contributed by atoms with Gasteiger partial charge in [0.2, 0.25) is 0 Å². The summed E-state index contributed by atoms with van der Waals surface area (Å²) < 4.78 is 26.2. The first kappa shape index (κ1) is 21.4. The van der Waals surface area contributed by atoms with Gasteiger partial charge in [0.25, 0.3) is 11.5 Å². The highest BCUT2D eigenvalue weighted by Gasteiger charge is 2.18. The average molecular weight is 411 g/mol. The molecule has 0 saturated heterocycles. The molecule has 0 unspecified atom stereocenters. The number of nitrogens with two attached hydrogens (primary N) is 1. The Labute approximate surface area is 162 Å². The van der Waals surface area contributed by atoms with Crippen molar-refractivity contribution in [2.24, 2.45) is 0 Å². The largest absolute Gasteiger partial charge is 0.549 e. The lowest BCUT2D eigenvalue weighted by Crippen LogP contribution is -2.34. The molecule has 0 bridgehead atoms. The Balaban J connectivity index is 2.21. The van der Waals surface area contributed by atoms with E-state index >= 15 is 0 Å². The van der Waals surface area contributed by atoms with Gasteiger partial charge < -0.3 is 21.0 Å². The zero-order valence-corrected chi connectivity index (χ0v) is 15.6. The van der Waals surface area contributed by atoms with Crippen LogP contribution in [-0.4, -0.2) is 27.1 Å². The number of benzene rings is 1. The maximum atomic E-state index is 13.2. The Bertz CT molecular complexity index is 951. The van der Waals surface area contributed by atoms with E-state index in [1.165, 1.54) is 0 Å². The Kier molecular flexibility index (Phi) is 7.10. The third-order valence-corrected chi connectivity index (χ3v) is 4.81. The van der Waals surface area contributed by atoms with E-state index in [0.717, 1.165) is 30.3 Å². The van der Waals surface area contributed by atoms with Crippen LogP contribution >= 0.6 is 11.8 Å². The summed E-state index contributed by atoms with van der Waals surface area (Å²) in [5.74, 6) is -4.89. The maximum Gasteiger partial charge on any atom is 0.277 e. The zero-order valence-electron chi connectivity index (χ0n) is 14.8. The lowest BCUT2D eigenvalue weighted by Gasteiger charge is -2.17. The van der Waals surface area contributed by atoms with Gasteiger partial charge in [0.15, 0.2) is 22.6 Å². The van der Waals surface area contributed by atoms with Crippen molar-refractivity contribution in [3.8, 4) is 0 Å². The number of rotatable bonds is 8. The second kappa shape index (κ2) is 9.31. The molecule has 0 radical (unpaired) electrons. The lowest BCUT2D eigenvalue weighted by atomic mass is 10.2. The normalized spacial score (nSPS) is 11.8. The van der Waals surface area contributed by atoms with Crippen molar-refractivity contribution in [2.45, 2.75) is 36.6 Å². The van der Waals surface area contributed by atoms with E-state index in [4.69, 9.17) is 5.73 Å². The molecule has 4 N–H and O–H groups in total. The smallest absolute Gasteiger partial charge is 0.277 e. The van der Waals surface area contributed by atoms with Gasteiger partial charge in [-0.05, 0) is 24.6 Å². The molecule has 0 aliphatic heterocycles. The summed E-state index contributed by atoms with van der Waals surface area (Å²) in [7, 11) is 0. The second-order valence-electron chi connectivity index (χ2n) is 5.78. The highest BCUT2D eigenvalue weighted by Crippen LogP contribution is 2.25. The highest BCUT2D eigenvalue weighted by atomic mass is 32.2. The molecular formula is C17H17F2N4O4S-. The molecule has 1 aromatic carbocycles. The predicted octanol–water partition coefficient (Wildman–Crippen LogP) is 1.28. The van der Waals surface area contributed by atoms with E-state index in [1.807, 2.05) is 6.92 Å². The Hall–Kier alpha value is -2.95. The molecule has 1 aromatic heterocycles. The van der Waals surface area contributed by atoms with Crippen LogP contribution in [0.15, 0.2) is 28.2 Å². The molecule has 150 valence electrons. The monoisotopic (exact) mass is 411 g/mol. The summed E-state index contributed by atoms with van der Waals surface area (Å²) in [6.45, 7) is 1.90. The van der Waals surface area contributed by atoms with Crippen molar-refractivity contribution < 1.29 is 23.5 Å². The first-order valence-electron chi connectivity index (χ1n) is 8.26. The van der Waals surface area contributed by atoms with E-state index in [0.29, 0.717) is 18.9 Å². The van der Waals surface area contributed by atoms with Gasteiger partial charge in [0, 0.05) is 5.56 Å². The van der Waals surface area contributed by atoms with E-state index < -0.39 is 40.0 Å². The molecule has 0 fully saturated rings. The van der Waals surface area contributed by atoms with Gasteiger partial charge in [-0.3, -0.25) is 14.6 Å². The Morgan fingerprint density at radius 1 is 1.36 bits per heavy atom. The molecule has 1 atom stereocenters. The lowest BCUT2D eigenvalue weighted by molar-refractivity contribution is -0.304. The molecule has 28 heavy (non-hydrogen) atoms. The number of nitrogens with one attached hydrogen (secondary N) is 2. The molecular weight excluding hydrogens is 394 g/mol. The fraction of sp³-hybridized carbons (Fsp3) is 0.294. The van der Waals surface area contributed by atoms with Crippen molar-refractivity contribution in [1.29, 1.82) is 0 Å². The minimum Gasteiger partial charge on any atom is -0.549 e. The minimum atomic E-state index is -1.30. The maximum absolute atomic E-state index is 13.2. The number of nitrogen functional groups attached to an aromatic ring is 1. The van der Waals surface area contributed by atoms with E-state index in [9.17, 15) is 28.3 Å². The number of aromatic amines is 1. The van der Waals surface area contributed by atoms with Crippen LogP contribution in [0.2, 0.25) is 0 Å². The van der Waals surface area contributed by atoms with Crippen molar-refractivity contribution in [3.05, 3.63) is 45.8 Å². The molecule has 0 aliphatic rings. The van der Waals surface area contributed by atoms with Crippen LogP contribution in [0.25, 0.3) is 0 Å². The van der Waals surface area contributed by atoms with E-state index in [-0.39, 0.29) is 16.5 Å². The summed E-state index contributed by atoms with van der Waals surface area (Å²) in [5.41, 5.74) is 4.26. The van der Waals surface area contributed by atoms with Gasteiger partial charge in [0.1, 0.15) is 5.69 Å². The number of H-pyrrole nitrogens is 1. The average Bonchev–Trinajstić information content (AvgIpc) is 2.63. The number of aromatic nitrogens is 2. The predicted molar refractivity (Wildman–Crippen MR) is 97.8 cm³/mol.